The van der Waals surface area contributed by atoms with Crippen molar-refractivity contribution in [2.24, 2.45) is 5.92 Å². The Morgan fingerprint density at radius 3 is 2.39 bits per heavy atom. The molecule has 0 aliphatic heterocycles. The fraction of sp³-hybridized carbons (Fsp3) is 0.692. The zero-order valence-electron chi connectivity index (χ0n) is 11.7. The molecule has 0 aliphatic rings. The molecule has 0 amide bonds. The summed E-state index contributed by atoms with van der Waals surface area (Å²) in [6, 6.07) is 0. The van der Waals surface area contributed by atoms with Crippen molar-refractivity contribution in [1.29, 1.82) is 0 Å². The Kier molecular flexibility index (Phi) is 6.02. The van der Waals surface area contributed by atoms with Gasteiger partial charge >= 0.3 is 0 Å². The molecule has 5 heteroatoms. The van der Waals surface area contributed by atoms with Gasteiger partial charge in [-0.2, -0.15) is 0 Å². The minimum Gasteiger partial charge on any atom is -0.372 e. The van der Waals surface area contributed by atoms with Crippen molar-refractivity contribution < 1.29 is 4.74 Å². The molecule has 0 saturated carbocycles. The van der Waals surface area contributed by atoms with Crippen molar-refractivity contribution >= 4 is 21.7 Å². The van der Waals surface area contributed by atoms with Crippen molar-refractivity contribution in [2.45, 2.75) is 40.2 Å². The van der Waals surface area contributed by atoms with Gasteiger partial charge in [-0.1, -0.05) is 20.8 Å². The van der Waals surface area contributed by atoms with E-state index < -0.39 is 0 Å². The molecule has 1 rings (SSSR count). The largest absolute Gasteiger partial charge is 0.372 e. The molecule has 0 spiro atoms. The lowest BCUT2D eigenvalue weighted by Crippen LogP contribution is -2.17. The van der Waals surface area contributed by atoms with Crippen LogP contribution in [-0.4, -0.2) is 23.6 Å². The predicted octanol–water partition coefficient (Wildman–Crippen LogP) is 3.58. The van der Waals surface area contributed by atoms with Gasteiger partial charge in [0.1, 0.15) is 11.9 Å². The molecule has 1 aromatic heterocycles. The monoisotopic (exact) mass is 315 g/mol. The Morgan fingerprint density at radius 2 is 1.94 bits per heavy atom. The van der Waals surface area contributed by atoms with Crippen LogP contribution in [0.3, 0.4) is 0 Å². The highest BCUT2D eigenvalue weighted by Gasteiger charge is 2.21. The lowest BCUT2D eigenvalue weighted by atomic mass is 10.1. The van der Waals surface area contributed by atoms with Gasteiger partial charge in [0.25, 0.3) is 0 Å². The van der Waals surface area contributed by atoms with Crippen LogP contribution < -0.4 is 5.32 Å². The van der Waals surface area contributed by atoms with E-state index in [9.17, 15) is 0 Å². The number of ether oxygens (including phenoxy) is 1. The van der Waals surface area contributed by atoms with E-state index in [1.54, 1.807) is 0 Å². The minimum absolute atomic E-state index is 0.0551. The van der Waals surface area contributed by atoms with Gasteiger partial charge in [-0.3, -0.25) is 0 Å². The molecule has 0 saturated heterocycles. The van der Waals surface area contributed by atoms with Gasteiger partial charge < -0.3 is 10.1 Å². The fourth-order valence-electron chi connectivity index (χ4n) is 1.78. The van der Waals surface area contributed by atoms with Gasteiger partial charge in [-0.25, -0.2) is 9.97 Å². The van der Waals surface area contributed by atoms with Crippen LogP contribution in [0.25, 0.3) is 0 Å². The molecule has 1 N–H and O–H groups in total. The van der Waals surface area contributed by atoms with Gasteiger partial charge in [0.05, 0.1) is 10.2 Å². The molecule has 18 heavy (non-hydrogen) atoms. The Labute approximate surface area is 118 Å². The molecule has 1 aromatic rings. The number of hydrogen-bond acceptors (Lipinski definition) is 4. The highest BCUT2D eigenvalue weighted by molar-refractivity contribution is 9.10. The summed E-state index contributed by atoms with van der Waals surface area (Å²) in [5, 5.41) is 3.09. The molecule has 102 valence electrons. The maximum absolute atomic E-state index is 5.76. The first-order chi connectivity index (χ1) is 8.54. The third kappa shape index (κ3) is 3.42. The Morgan fingerprint density at radius 1 is 1.28 bits per heavy atom. The van der Waals surface area contributed by atoms with Crippen molar-refractivity contribution in [1.82, 2.24) is 9.97 Å². The van der Waals surface area contributed by atoms with Crippen LogP contribution in [-0.2, 0) is 11.2 Å². The lowest BCUT2D eigenvalue weighted by molar-refractivity contribution is 0.0231. The van der Waals surface area contributed by atoms with Crippen LogP contribution in [0, 0.1) is 5.92 Å². The standard InChI is InChI=1S/C13H22BrN3O/c1-6-9-10(14)12(15-5)17-13(16-9)11(8(3)4)18-7-2/h8,11H,6-7H2,1-5H3,(H,15,16,17). The van der Waals surface area contributed by atoms with Crippen molar-refractivity contribution in [3.05, 3.63) is 16.0 Å². The summed E-state index contributed by atoms with van der Waals surface area (Å²) in [7, 11) is 1.86. The van der Waals surface area contributed by atoms with Crippen LogP contribution in [0.4, 0.5) is 5.82 Å². The van der Waals surface area contributed by atoms with Gasteiger partial charge in [-0.05, 0) is 35.2 Å². The third-order valence-electron chi connectivity index (χ3n) is 2.72. The molecule has 0 fully saturated rings. The number of nitrogens with one attached hydrogen (secondary N) is 1. The number of anilines is 1. The molecule has 0 radical (unpaired) electrons. The minimum atomic E-state index is -0.0551. The van der Waals surface area contributed by atoms with E-state index in [1.807, 2.05) is 14.0 Å². The molecule has 1 unspecified atom stereocenters. The molecule has 1 atom stereocenters. The first kappa shape index (κ1) is 15.4. The maximum atomic E-state index is 5.76. The first-order valence-electron chi connectivity index (χ1n) is 6.40. The zero-order valence-corrected chi connectivity index (χ0v) is 13.3. The quantitative estimate of drug-likeness (QED) is 0.871. The van der Waals surface area contributed by atoms with Crippen molar-refractivity contribution in [3.8, 4) is 0 Å². The SMILES string of the molecule is CCOC(c1nc(CC)c(Br)c(NC)n1)C(C)C. The van der Waals surface area contributed by atoms with Gasteiger partial charge in [-0.15, -0.1) is 0 Å². The van der Waals surface area contributed by atoms with E-state index in [4.69, 9.17) is 4.74 Å². The summed E-state index contributed by atoms with van der Waals surface area (Å²) in [5.74, 6) is 1.93. The second-order valence-corrected chi connectivity index (χ2v) is 5.21. The van der Waals surface area contributed by atoms with E-state index >= 15 is 0 Å². The number of nitrogens with zero attached hydrogens (tertiary/aromatic N) is 2. The van der Waals surface area contributed by atoms with Gasteiger partial charge in [0, 0.05) is 13.7 Å². The molecule has 1 heterocycles. The summed E-state index contributed by atoms with van der Waals surface area (Å²) in [6.07, 6.45) is 0.808. The Bertz CT molecular complexity index is 371. The van der Waals surface area contributed by atoms with Crippen LogP contribution >= 0.6 is 15.9 Å². The number of halogens is 1. The lowest BCUT2D eigenvalue weighted by Gasteiger charge is -2.21. The second-order valence-electron chi connectivity index (χ2n) is 4.41. The fourth-order valence-corrected chi connectivity index (χ4v) is 2.44. The zero-order chi connectivity index (χ0) is 13.7. The van der Waals surface area contributed by atoms with Gasteiger partial charge in [0.15, 0.2) is 5.82 Å². The predicted molar refractivity (Wildman–Crippen MR) is 77.9 cm³/mol. The normalized spacial score (nSPS) is 12.8. The highest BCUT2D eigenvalue weighted by atomic mass is 79.9. The summed E-state index contributed by atoms with van der Waals surface area (Å²) < 4.78 is 6.70. The molecule has 0 aromatic carbocycles. The van der Waals surface area contributed by atoms with Crippen LogP contribution in [0.5, 0.6) is 0 Å². The highest BCUT2D eigenvalue weighted by Crippen LogP contribution is 2.29. The Balaban J connectivity index is 3.21. The van der Waals surface area contributed by atoms with Crippen LogP contribution in [0.2, 0.25) is 0 Å². The number of aryl methyl sites for hydroxylation is 1. The van der Waals surface area contributed by atoms with E-state index in [0.717, 1.165) is 28.2 Å². The summed E-state index contributed by atoms with van der Waals surface area (Å²) in [4.78, 5) is 9.16. The summed E-state index contributed by atoms with van der Waals surface area (Å²) in [6.45, 7) is 8.99. The second kappa shape index (κ2) is 7.04. The summed E-state index contributed by atoms with van der Waals surface area (Å²) in [5.41, 5.74) is 1.01. The van der Waals surface area contributed by atoms with E-state index in [-0.39, 0.29) is 6.10 Å². The average Bonchev–Trinajstić information content (AvgIpc) is 2.36. The van der Waals surface area contributed by atoms with E-state index in [2.05, 4.69) is 52.0 Å². The molecule has 0 bridgehead atoms. The van der Waals surface area contributed by atoms with Crippen LogP contribution in [0.15, 0.2) is 4.47 Å². The Hall–Kier alpha value is -0.680. The number of rotatable bonds is 6. The first-order valence-corrected chi connectivity index (χ1v) is 7.20. The molecule has 4 nitrogen and oxygen atoms in total. The summed E-state index contributed by atoms with van der Waals surface area (Å²) >= 11 is 3.53. The molecular formula is C13H22BrN3O. The van der Waals surface area contributed by atoms with Gasteiger partial charge in [0.2, 0.25) is 0 Å². The van der Waals surface area contributed by atoms with Crippen LogP contribution in [0.1, 0.15) is 45.3 Å². The van der Waals surface area contributed by atoms with E-state index in [1.165, 1.54) is 0 Å². The smallest absolute Gasteiger partial charge is 0.160 e. The number of hydrogen-bond donors (Lipinski definition) is 1. The topological polar surface area (TPSA) is 47.0 Å². The molecule has 0 aliphatic carbocycles. The molecular weight excluding hydrogens is 294 g/mol. The number of aromatic nitrogens is 2. The van der Waals surface area contributed by atoms with E-state index in [0.29, 0.717) is 12.5 Å². The third-order valence-corrected chi connectivity index (χ3v) is 3.55. The van der Waals surface area contributed by atoms with Crippen molar-refractivity contribution in [2.75, 3.05) is 19.0 Å². The maximum Gasteiger partial charge on any atom is 0.160 e. The average molecular weight is 316 g/mol. The van der Waals surface area contributed by atoms with Crippen molar-refractivity contribution in [3.63, 3.8) is 0 Å².